The molecule has 0 aliphatic carbocycles. The maximum absolute atomic E-state index is 5.82. The van der Waals surface area contributed by atoms with E-state index in [1.165, 1.54) is 10.9 Å². The average molecular weight is 240 g/mol. The summed E-state index contributed by atoms with van der Waals surface area (Å²) in [5, 5.41) is 2.34. The molecular weight excluding hydrogens is 224 g/mol. The van der Waals surface area contributed by atoms with Crippen LogP contribution in [-0.4, -0.2) is 13.7 Å². The van der Waals surface area contributed by atoms with E-state index in [9.17, 15) is 0 Å². The van der Waals surface area contributed by atoms with E-state index in [4.69, 9.17) is 9.47 Å². The second-order valence-electron chi connectivity index (χ2n) is 4.41. The van der Waals surface area contributed by atoms with Gasteiger partial charge < -0.3 is 9.47 Å². The van der Waals surface area contributed by atoms with Gasteiger partial charge >= 0.3 is 0 Å². The van der Waals surface area contributed by atoms with Crippen molar-refractivity contribution < 1.29 is 9.47 Å². The summed E-state index contributed by atoms with van der Waals surface area (Å²) in [5.41, 5.74) is 1.21. The first-order valence-corrected chi connectivity index (χ1v) is 6.24. The quantitative estimate of drug-likeness (QED) is 0.742. The van der Waals surface area contributed by atoms with Crippen molar-refractivity contribution in [3.05, 3.63) is 54.1 Å². The van der Waals surface area contributed by atoms with Crippen LogP contribution in [0.4, 0.5) is 0 Å². The zero-order valence-corrected chi connectivity index (χ0v) is 10.4. The van der Waals surface area contributed by atoms with E-state index in [0.717, 1.165) is 24.2 Å². The van der Waals surface area contributed by atoms with Crippen LogP contribution in [0.25, 0.3) is 10.8 Å². The highest BCUT2D eigenvalue weighted by Gasteiger charge is 2.15. The summed E-state index contributed by atoms with van der Waals surface area (Å²) >= 11 is 0. The van der Waals surface area contributed by atoms with E-state index in [1.54, 1.807) is 7.11 Å². The van der Waals surface area contributed by atoms with E-state index in [2.05, 4.69) is 36.4 Å². The van der Waals surface area contributed by atoms with E-state index >= 15 is 0 Å². The molecule has 0 saturated heterocycles. The van der Waals surface area contributed by atoms with Gasteiger partial charge in [0.1, 0.15) is 11.9 Å². The van der Waals surface area contributed by atoms with Crippen LogP contribution in [0.1, 0.15) is 18.1 Å². The number of fused-ring (bicyclic) bond motifs is 1. The molecule has 0 radical (unpaired) electrons. The van der Waals surface area contributed by atoms with Crippen molar-refractivity contribution in [2.75, 3.05) is 13.7 Å². The molecule has 0 fully saturated rings. The van der Waals surface area contributed by atoms with Gasteiger partial charge in [0, 0.05) is 5.39 Å². The van der Waals surface area contributed by atoms with Crippen LogP contribution < -0.4 is 4.74 Å². The van der Waals surface area contributed by atoms with Gasteiger partial charge in [-0.05, 0) is 23.4 Å². The van der Waals surface area contributed by atoms with Crippen molar-refractivity contribution in [1.82, 2.24) is 0 Å². The van der Waals surface area contributed by atoms with Gasteiger partial charge in [0.15, 0.2) is 0 Å². The molecule has 0 aromatic heterocycles. The maximum atomic E-state index is 5.82. The van der Waals surface area contributed by atoms with Crippen molar-refractivity contribution in [2.45, 2.75) is 12.5 Å². The van der Waals surface area contributed by atoms with E-state index < -0.39 is 0 Å². The number of methoxy groups -OCH3 is 1. The molecule has 2 nitrogen and oxygen atoms in total. The first-order chi connectivity index (χ1) is 8.90. The molecule has 0 amide bonds. The Balaban J connectivity index is 2.18. The van der Waals surface area contributed by atoms with E-state index in [-0.39, 0.29) is 6.10 Å². The summed E-state index contributed by atoms with van der Waals surface area (Å²) in [7, 11) is 1.71. The third-order valence-electron chi connectivity index (χ3n) is 3.34. The smallest absolute Gasteiger partial charge is 0.126 e. The molecule has 1 heterocycles. The molecule has 1 aliphatic rings. The number of rotatable bonds is 2. The fourth-order valence-corrected chi connectivity index (χ4v) is 2.45. The fraction of sp³-hybridized carbons (Fsp3) is 0.250. The summed E-state index contributed by atoms with van der Waals surface area (Å²) in [6.45, 7) is 0.793. The number of benzene rings is 2. The van der Waals surface area contributed by atoms with E-state index in [0.29, 0.717) is 0 Å². The Labute approximate surface area is 107 Å². The number of ether oxygens (including phenoxy) is 2. The molecule has 92 valence electrons. The minimum atomic E-state index is 0.0644. The molecule has 2 heteroatoms. The average Bonchev–Trinajstić information content (AvgIpc) is 2.47. The normalized spacial score (nSPS) is 19.1. The zero-order valence-electron chi connectivity index (χ0n) is 10.4. The molecule has 2 aromatic carbocycles. The number of hydrogen-bond acceptors (Lipinski definition) is 2. The Morgan fingerprint density at radius 2 is 1.94 bits per heavy atom. The van der Waals surface area contributed by atoms with Crippen LogP contribution in [0.15, 0.2) is 48.6 Å². The summed E-state index contributed by atoms with van der Waals surface area (Å²) < 4.78 is 11.2. The lowest BCUT2D eigenvalue weighted by atomic mass is 9.98. The van der Waals surface area contributed by atoms with Gasteiger partial charge in [-0.15, -0.1) is 0 Å². The van der Waals surface area contributed by atoms with Crippen molar-refractivity contribution in [1.29, 1.82) is 0 Å². The predicted molar refractivity (Wildman–Crippen MR) is 73.0 cm³/mol. The van der Waals surface area contributed by atoms with Crippen LogP contribution >= 0.6 is 0 Å². The van der Waals surface area contributed by atoms with Crippen molar-refractivity contribution in [2.24, 2.45) is 0 Å². The van der Waals surface area contributed by atoms with Gasteiger partial charge in [-0.2, -0.15) is 0 Å². The lowest BCUT2D eigenvalue weighted by molar-refractivity contribution is 0.0810. The largest absolute Gasteiger partial charge is 0.496 e. The topological polar surface area (TPSA) is 18.5 Å². The van der Waals surface area contributed by atoms with Crippen molar-refractivity contribution >= 4 is 10.8 Å². The molecular formula is C16H16O2. The summed E-state index contributed by atoms with van der Waals surface area (Å²) in [6.07, 6.45) is 5.39. The van der Waals surface area contributed by atoms with Gasteiger partial charge in [-0.1, -0.05) is 42.5 Å². The second kappa shape index (κ2) is 4.83. The summed E-state index contributed by atoms with van der Waals surface area (Å²) in [4.78, 5) is 0. The first kappa shape index (κ1) is 11.3. The van der Waals surface area contributed by atoms with Crippen LogP contribution in [-0.2, 0) is 4.74 Å². The van der Waals surface area contributed by atoms with Crippen molar-refractivity contribution in [3.63, 3.8) is 0 Å². The standard InChI is InChI=1S/C16H16O2/c1-17-15-10-9-14(16-8-4-5-11-18-16)12-6-2-3-7-13(12)15/h2-4,6-10,16H,5,11H2,1H3. The highest BCUT2D eigenvalue weighted by atomic mass is 16.5. The van der Waals surface area contributed by atoms with E-state index in [1.807, 2.05) is 12.1 Å². The lowest BCUT2D eigenvalue weighted by Gasteiger charge is -2.20. The Bertz CT molecular complexity index is 587. The number of hydrogen-bond donors (Lipinski definition) is 0. The van der Waals surface area contributed by atoms with Crippen LogP contribution in [0.5, 0.6) is 5.75 Å². The molecule has 2 aromatic rings. The molecule has 0 N–H and O–H groups in total. The monoisotopic (exact) mass is 240 g/mol. The minimum absolute atomic E-state index is 0.0644. The molecule has 1 unspecified atom stereocenters. The third-order valence-corrected chi connectivity index (χ3v) is 3.34. The van der Waals surface area contributed by atoms with Gasteiger partial charge in [-0.25, -0.2) is 0 Å². The Hall–Kier alpha value is -1.80. The molecule has 0 bridgehead atoms. The summed E-state index contributed by atoms with van der Waals surface area (Å²) in [6, 6.07) is 12.4. The SMILES string of the molecule is COc1ccc(C2C=CCCO2)c2ccccc12. The maximum Gasteiger partial charge on any atom is 0.126 e. The zero-order chi connectivity index (χ0) is 12.4. The Kier molecular flexibility index (Phi) is 3.03. The Morgan fingerprint density at radius 3 is 2.67 bits per heavy atom. The molecule has 1 atom stereocenters. The van der Waals surface area contributed by atoms with Crippen LogP contribution in [0, 0.1) is 0 Å². The molecule has 0 saturated carbocycles. The predicted octanol–water partition coefficient (Wildman–Crippen LogP) is 3.87. The minimum Gasteiger partial charge on any atom is -0.496 e. The van der Waals surface area contributed by atoms with Crippen LogP contribution in [0.3, 0.4) is 0 Å². The van der Waals surface area contributed by atoms with Gasteiger partial charge in [-0.3, -0.25) is 0 Å². The van der Waals surface area contributed by atoms with Gasteiger partial charge in [0.2, 0.25) is 0 Å². The summed E-state index contributed by atoms with van der Waals surface area (Å²) in [5.74, 6) is 0.911. The highest BCUT2D eigenvalue weighted by molar-refractivity contribution is 5.91. The third kappa shape index (κ3) is 1.89. The highest BCUT2D eigenvalue weighted by Crippen LogP contribution is 2.34. The molecule has 18 heavy (non-hydrogen) atoms. The second-order valence-corrected chi connectivity index (χ2v) is 4.41. The van der Waals surface area contributed by atoms with Gasteiger partial charge in [0.05, 0.1) is 13.7 Å². The molecule has 1 aliphatic heterocycles. The first-order valence-electron chi connectivity index (χ1n) is 6.24. The van der Waals surface area contributed by atoms with Crippen LogP contribution in [0.2, 0.25) is 0 Å². The molecule has 3 rings (SSSR count). The van der Waals surface area contributed by atoms with Crippen molar-refractivity contribution in [3.8, 4) is 5.75 Å². The fourth-order valence-electron chi connectivity index (χ4n) is 2.45. The Morgan fingerprint density at radius 1 is 1.11 bits per heavy atom. The molecule has 0 spiro atoms. The van der Waals surface area contributed by atoms with Gasteiger partial charge in [0.25, 0.3) is 0 Å². The lowest BCUT2D eigenvalue weighted by Crippen LogP contribution is -2.07.